The van der Waals surface area contributed by atoms with Crippen LogP contribution in [-0.2, 0) is 20.9 Å². The monoisotopic (exact) mass is 521 g/mol. The van der Waals surface area contributed by atoms with E-state index in [-0.39, 0.29) is 6.10 Å². The highest BCUT2D eigenvalue weighted by atomic mass is 19.1. The molecule has 1 unspecified atom stereocenters. The van der Waals surface area contributed by atoms with Crippen LogP contribution in [-0.4, -0.2) is 88.3 Å². The third kappa shape index (κ3) is 5.36. The van der Waals surface area contributed by atoms with Crippen LogP contribution in [0.1, 0.15) is 18.5 Å². The van der Waals surface area contributed by atoms with Crippen LogP contribution in [0, 0.1) is 5.82 Å². The molecule has 38 heavy (non-hydrogen) atoms. The Kier molecular flexibility index (Phi) is 6.97. The van der Waals surface area contributed by atoms with E-state index in [1.165, 1.54) is 11.0 Å². The first-order chi connectivity index (χ1) is 18.6. The van der Waals surface area contributed by atoms with Crippen LogP contribution in [0.3, 0.4) is 0 Å². The Morgan fingerprint density at radius 3 is 2.84 bits per heavy atom. The Labute approximate surface area is 218 Å². The summed E-state index contributed by atoms with van der Waals surface area (Å²) in [6.07, 6.45) is 5.66. The number of hydrogen-bond donors (Lipinski definition) is 0. The number of aromatic nitrogens is 4. The lowest BCUT2D eigenvalue weighted by molar-refractivity contribution is 0.0511. The van der Waals surface area contributed by atoms with Crippen molar-refractivity contribution in [2.45, 2.75) is 31.6 Å². The van der Waals surface area contributed by atoms with Gasteiger partial charge >= 0.3 is 6.09 Å². The average Bonchev–Trinajstić information content (AvgIpc) is 3.64. The summed E-state index contributed by atoms with van der Waals surface area (Å²) in [5, 5.41) is 11.9. The fourth-order valence-electron chi connectivity index (χ4n) is 4.94. The number of carbonyl (C=O) groups is 1. The van der Waals surface area contributed by atoms with Gasteiger partial charge in [-0.3, -0.25) is 14.8 Å². The number of carbonyl (C=O) groups excluding carboxylic acids is 1. The second kappa shape index (κ2) is 10.8. The zero-order valence-corrected chi connectivity index (χ0v) is 20.8. The molecule has 2 aromatic heterocycles. The largest absolute Gasteiger partial charge is 0.442 e. The van der Waals surface area contributed by atoms with Gasteiger partial charge in [-0.2, -0.15) is 0 Å². The van der Waals surface area contributed by atoms with Crippen LogP contribution in [0.2, 0.25) is 0 Å². The molecule has 198 valence electrons. The average molecular weight is 522 g/mol. The number of oxime groups is 1. The van der Waals surface area contributed by atoms with Gasteiger partial charge in [-0.15, -0.1) is 5.10 Å². The highest BCUT2D eigenvalue weighted by molar-refractivity contribution is 5.99. The van der Waals surface area contributed by atoms with Crippen LogP contribution in [0.5, 0.6) is 0 Å². The van der Waals surface area contributed by atoms with Gasteiger partial charge in [0.15, 0.2) is 0 Å². The molecular weight excluding hydrogens is 493 g/mol. The first kappa shape index (κ1) is 24.4. The number of cyclic esters (lactones) is 1. The second-order valence-corrected chi connectivity index (χ2v) is 9.57. The Morgan fingerprint density at radius 1 is 1.08 bits per heavy atom. The summed E-state index contributed by atoms with van der Waals surface area (Å²) in [5.41, 5.74) is 2.96. The maximum atomic E-state index is 15.1. The Hall–Kier alpha value is -3.90. The zero-order valence-electron chi connectivity index (χ0n) is 20.8. The molecule has 0 spiro atoms. The molecule has 11 nitrogen and oxygen atoms in total. The van der Waals surface area contributed by atoms with Crippen LogP contribution in [0.4, 0.5) is 14.9 Å². The molecule has 2 saturated heterocycles. The van der Waals surface area contributed by atoms with Crippen molar-refractivity contribution in [1.82, 2.24) is 24.9 Å². The summed E-state index contributed by atoms with van der Waals surface area (Å²) < 4.78 is 27.7. The predicted octanol–water partition coefficient (Wildman–Crippen LogP) is 2.72. The third-order valence-corrected chi connectivity index (χ3v) is 6.88. The smallest absolute Gasteiger partial charge is 0.414 e. The minimum absolute atomic E-state index is 0.0114. The highest BCUT2D eigenvalue weighted by Crippen LogP contribution is 2.29. The van der Waals surface area contributed by atoms with Crippen LogP contribution < -0.4 is 4.90 Å². The van der Waals surface area contributed by atoms with Gasteiger partial charge in [-0.05, 0) is 30.7 Å². The van der Waals surface area contributed by atoms with Crippen molar-refractivity contribution in [3.05, 3.63) is 60.4 Å². The first-order valence-corrected chi connectivity index (χ1v) is 12.7. The Morgan fingerprint density at radius 2 is 2.03 bits per heavy atom. The van der Waals surface area contributed by atoms with E-state index in [0.29, 0.717) is 42.0 Å². The lowest BCUT2D eigenvalue weighted by Crippen LogP contribution is -2.34. The number of nitrogens with zero attached hydrogens (tertiary/aromatic N) is 7. The van der Waals surface area contributed by atoms with E-state index in [9.17, 15) is 4.79 Å². The Bertz CT molecular complexity index is 1290. The van der Waals surface area contributed by atoms with Crippen molar-refractivity contribution in [2.75, 3.05) is 44.3 Å². The van der Waals surface area contributed by atoms with Gasteiger partial charge < -0.3 is 14.3 Å². The molecule has 1 amide bonds. The van der Waals surface area contributed by atoms with E-state index in [0.717, 1.165) is 45.0 Å². The highest BCUT2D eigenvalue weighted by Gasteiger charge is 2.33. The van der Waals surface area contributed by atoms with Gasteiger partial charge in [0.1, 0.15) is 23.7 Å². The third-order valence-electron chi connectivity index (χ3n) is 6.88. The topological polar surface area (TPSA) is 107 Å². The summed E-state index contributed by atoms with van der Waals surface area (Å²) in [4.78, 5) is 26.3. The van der Waals surface area contributed by atoms with Gasteiger partial charge in [0.25, 0.3) is 0 Å². The minimum Gasteiger partial charge on any atom is -0.442 e. The predicted molar refractivity (Wildman–Crippen MR) is 135 cm³/mol. The number of pyridine rings is 1. The number of rotatable bonds is 7. The molecule has 0 N–H and O–H groups in total. The van der Waals surface area contributed by atoms with Crippen LogP contribution in [0.15, 0.2) is 54.1 Å². The van der Waals surface area contributed by atoms with Gasteiger partial charge in [0.2, 0.25) is 0 Å². The molecule has 0 radical (unpaired) electrons. The lowest BCUT2D eigenvalue weighted by Gasteiger charge is -2.21. The molecule has 1 aromatic carbocycles. The van der Waals surface area contributed by atoms with E-state index in [2.05, 4.69) is 25.4 Å². The maximum Gasteiger partial charge on any atom is 0.414 e. The Balaban J connectivity index is 1.08. The van der Waals surface area contributed by atoms with Crippen molar-refractivity contribution >= 4 is 17.5 Å². The molecular formula is C26H28FN7O4. The van der Waals surface area contributed by atoms with Crippen molar-refractivity contribution < 1.29 is 23.5 Å². The molecule has 0 bridgehead atoms. The number of hydrogen-bond acceptors (Lipinski definition) is 9. The zero-order chi connectivity index (χ0) is 25.9. The maximum absolute atomic E-state index is 15.1. The molecule has 12 heteroatoms. The number of anilines is 1. The van der Waals surface area contributed by atoms with Gasteiger partial charge in [0.05, 0.1) is 37.3 Å². The SMILES string of the molecule is O=C1OC(Cn2ccnn2)CN1c1ccc(-c2ccc(C3=NO[C@@H](CN4CCCOCC4)C3)nc2)c(F)c1. The van der Waals surface area contributed by atoms with E-state index < -0.39 is 18.0 Å². The summed E-state index contributed by atoms with van der Waals surface area (Å²) >= 11 is 0. The second-order valence-electron chi connectivity index (χ2n) is 9.57. The molecule has 2 atom stereocenters. The van der Waals surface area contributed by atoms with Crippen molar-refractivity contribution in [3.8, 4) is 11.1 Å². The minimum atomic E-state index is -0.518. The van der Waals surface area contributed by atoms with Crippen molar-refractivity contribution in [2.24, 2.45) is 5.16 Å². The van der Waals surface area contributed by atoms with E-state index in [1.54, 1.807) is 35.4 Å². The molecule has 2 fully saturated rings. The first-order valence-electron chi connectivity index (χ1n) is 12.7. The quantitative estimate of drug-likeness (QED) is 0.467. The van der Waals surface area contributed by atoms with Crippen LogP contribution in [0.25, 0.3) is 11.1 Å². The summed E-state index contributed by atoms with van der Waals surface area (Å²) in [7, 11) is 0. The van der Waals surface area contributed by atoms with E-state index in [1.807, 2.05) is 12.1 Å². The molecule has 3 aliphatic rings. The van der Waals surface area contributed by atoms with E-state index >= 15 is 4.39 Å². The number of ether oxygens (including phenoxy) is 2. The number of benzene rings is 1. The fourth-order valence-corrected chi connectivity index (χ4v) is 4.94. The van der Waals surface area contributed by atoms with Gasteiger partial charge in [-0.1, -0.05) is 16.4 Å². The number of halogens is 1. The fraction of sp³-hybridized carbons (Fsp3) is 0.423. The van der Waals surface area contributed by atoms with Crippen molar-refractivity contribution in [1.29, 1.82) is 0 Å². The molecule has 0 aliphatic carbocycles. The molecule has 3 aliphatic heterocycles. The van der Waals surface area contributed by atoms with Crippen LogP contribution >= 0.6 is 0 Å². The van der Waals surface area contributed by atoms with Gasteiger partial charge in [0, 0.05) is 56.2 Å². The molecule has 5 heterocycles. The summed E-state index contributed by atoms with van der Waals surface area (Å²) in [5.74, 6) is -0.451. The lowest BCUT2D eigenvalue weighted by atomic mass is 10.0. The number of amides is 1. The molecule has 3 aromatic rings. The molecule has 0 saturated carbocycles. The summed E-state index contributed by atoms with van der Waals surface area (Å²) in [6.45, 7) is 4.92. The standard InChI is InChI=1S/C26H28FN7O4/c27-23-12-19(34-17-21(37-26(34)35)16-33-8-6-29-31-33)3-4-22(23)18-2-5-24(28-14-18)25-13-20(38-30-25)15-32-7-1-10-36-11-9-32/h2-6,8,12,14,20-21H,1,7,9-11,13,15-17H2/t20-,21?/m1/s1. The van der Waals surface area contributed by atoms with E-state index in [4.69, 9.17) is 14.3 Å². The molecule has 6 rings (SSSR count). The van der Waals surface area contributed by atoms with Gasteiger partial charge in [-0.25, -0.2) is 13.9 Å². The van der Waals surface area contributed by atoms with Crippen molar-refractivity contribution in [3.63, 3.8) is 0 Å². The normalized spacial score (nSPS) is 22.2. The summed E-state index contributed by atoms with van der Waals surface area (Å²) in [6, 6.07) is 8.35.